The zero-order valence-corrected chi connectivity index (χ0v) is 12.4. The summed E-state index contributed by atoms with van der Waals surface area (Å²) in [4.78, 5) is 3.11. The predicted molar refractivity (Wildman–Crippen MR) is 86.6 cm³/mol. The molecule has 0 radical (unpaired) electrons. The minimum atomic E-state index is 0.171. The van der Waals surface area contributed by atoms with Gasteiger partial charge >= 0.3 is 0 Å². The largest absolute Gasteiger partial charge is 0.507 e. The second-order valence-electron chi connectivity index (χ2n) is 4.92. The molecule has 4 nitrogen and oxygen atoms in total. The first kappa shape index (κ1) is 12.3. The van der Waals surface area contributed by atoms with E-state index in [1.807, 2.05) is 42.5 Å². The summed E-state index contributed by atoms with van der Waals surface area (Å²) in [5, 5.41) is 16.8. The molecule has 0 amide bonds. The molecule has 3 N–H and O–H groups in total. The Kier molecular flexibility index (Phi) is 2.53. The first-order valence-corrected chi connectivity index (χ1v) is 7.22. The van der Waals surface area contributed by atoms with E-state index in [2.05, 4.69) is 26.0 Å². The van der Waals surface area contributed by atoms with E-state index in [4.69, 9.17) is 5.53 Å². The van der Waals surface area contributed by atoms with Crippen LogP contribution >= 0.6 is 15.9 Å². The van der Waals surface area contributed by atoms with Gasteiger partial charge < -0.3 is 10.1 Å². The van der Waals surface area contributed by atoms with E-state index in [9.17, 15) is 5.11 Å². The molecule has 1 aliphatic heterocycles. The lowest BCUT2D eigenvalue weighted by Crippen LogP contribution is -1.86. The van der Waals surface area contributed by atoms with Gasteiger partial charge in [-0.05, 0) is 23.6 Å². The third-order valence-corrected chi connectivity index (χ3v) is 4.28. The van der Waals surface area contributed by atoms with Crippen LogP contribution in [0.5, 0.6) is 5.75 Å². The van der Waals surface area contributed by atoms with Crippen molar-refractivity contribution in [1.29, 1.82) is 5.53 Å². The Morgan fingerprint density at radius 1 is 1.00 bits per heavy atom. The van der Waals surface area contributed by atoms with Crippen molar-refractivity contribution in [3.05, 3.63) is 46.9 Å². The number of hydrogen-bond donors (Lipinski definition) is 3. The number of nitrogens with one attached hydrogen (secondary N) is 2. The topological polar surface area (TPSA) is 72.2 Å². The van der Waals surface area contributed by atoms with Gasteiger partial charge in [0.15, 0.2) is 5.82 Å². The number of aromatic nitrogens is 1. The number of nitrogens with zero attached hydrogens (tertiary/aromatic N) is 1. The quantitative estimate of drug-likeness (QED) is 0.390. The summed E-state index contributed by atoms with van der Waals surface area (Å²) in [6.07, 6.45) is 0. The summed E-state index contributed by atoms with van der Waals surface area (Å²) in [5.74, 6) is 0.540. The maximum atomic E-state index is 10.5. The molecule has 2 aliphatic rings. The molecular weight excluding hydrogens is 330 g/mol. The standard InChI is InChI=1S/C16H10BrN3O/c17-8-5-6-12-11(7-8)13-9-3-1-2-4-10(9)15(21)14(13)16(19-12)20-18/h1-7,18-19,21H. The molecule has 1 aliphatic carbocycles. The van der Waals surface area contributed by atoms with Crippen molar-refractivity contribution in [2.24, 2.45) is 5.11 Å². The van der Waals surface area contributed by atoms with E-state index in [0.717, 1.165) is 31.7 Å². The van der Waals surface area contributed by atoms with Crippen LogP contribution in [-0.4, -0.2) is 10.1 Å². The molecule has 1 heterocycles. The zero-order valence-electron chi connectivity index (χ0n) is 10.8. The van der Waals surface area contributed by atoms with Crippen LogP contribution in [0.4, 0.5) is 5.82 Å². The van der Waals surface area contributed by atoms with Gasteiger partial charge in [-0.3, -0.25) is 0 Å². The summed E-state index contributed by atoms with van der Waals surface area (Å²) in [6, 6.07) is 13.6. The van der Waals surface area contributed by atoms with Gasteiger partial charge in [-0.25, -0.2) is 5.53 Å². The Bertz CT molecular complexity index is 990. The number of halogens is 1. The Hall–Kier alpha value is -2.40. The van der Waals surface area contributed by atoms with Gasteiger partial charge in [0.2, 0.25) is 0 Å². The van der Waals surface area contributed by atoms with E-state index < -0.39 is 0 Å². The smallest absolute Gasteiger partial charge is 0.164 e. The number of pyridine rings is 1. The van der Waals surface area contributed by atoms with Gasteiger partial charge in [0.1, 0.15) is 5.75 Å². The van der Waals surface area contributed by atoms with Crippen molar-refractivity contribution >= 4 is 43.4 Å². The van der Waals surface area contributed by atoms with Crippen LogP contribution in [0.15, 0.2) is 52.1 Å². The summed E-state index contributed by atoms with van der Waals surface area (Å²) < 4.78 is 0.963. The van der Waals surface area contributed by atoms with E-state index in [1.165, 1.54) is 0 Å². The molecule has 2 aromatic carbocycles. The Morgan fingerprint density at radius 3 is 2.52 bits per heavy atom. The molecule has 0 saturated carbocycles. The Labute approximate surface area is 128 Å². The normalized spacial score (nSPS) is 11.5. The number of benzene rings is 2. The summed E-state index contributed by atoms with van der Waals surface area (Å²) in [6.45, 7) is 0. The van der Waals surface area contributed by atoms with Crippen molar-refractivity contribution in [3.63, 3.8) is 0 Å². The monoisotopic (exact) mass is 339 g/mol. The molecule has 0 spiro atoms. The van der Waals surface area contributed by atoms with Crippen LogP contribution in [0.1, 0.15) is 0 Å². The minimum absolute atomic E-state index is 0.171. The number of rotatable bonds is 1. The Balaban J connectivity index is 2.36. The fourth-order valence-corrected chi connectivity index (χ4v) is 3.27. The maximum Gasteiger partial charge on any atom is 0.164 e. The van der Waals surface area contributed by atoms with Crippen molar-refractivity contribution < 1.29 is 5.11 Å². The molecule has 4 rings (SSSR count). The maximum absolute atomic E-state index is 10.5. The lowest BCUT2D eigenvalue weighted by molar-refractivity contribution is 0.484. The highest BCUT2D eigenvalue weighted by Crippen LogP contribution is 2.51. The third-order valence-electron chi connectivity index (χ3n) is 3.79. The second-order valence-corrected chi connectivity index (χ2v) is 5.84. The van der Waals surface area contributed by atoms with Gasteiger partial charge in [0, 0.05) is 26.3 Å². The third kappa shape index (κ3) is 1.61. The number of aromatic hydroxyl groups is 1. The lowest BCUT2D eigenvalue weighted by atomic mass is 10.0. The predicted octanol–water partition coefficient (Wildman–Crippen LogP) is 5.56. The highest BCUT2D eigenvalue weighted by Gasteiger charge is 2.24. The number of fused-ring (bicyclic) bond motifs is 5. The van der Waals surface area contributed by atoms with Gasteiger partial charge in [0.05, 0.1) is 5.56 Å². The van der Waals surface area contributed by atoms with Crippen LogP contribution in [0, 0.1) is 5.53 Å². The van der Waals surface area contributed by atoms with Crippen molar-refractivity contribution in [3.8, 4) is 16.9 Å². The van der Waals surface area contributed by atoms with Crippen LogP contribution in [0.2, 0.25) is 0 Å². The molecule has 0 fully saturated rings. The molecule has 0 aromatic heterocycles. The van der Waals surface area contributed by atoms with Crippen LogP contribution in [0.25, 0.3) is 32.8 Å². The number of aromatic amines is 1. The summed E-state index contributed by atoms with van der Waals surface area (Å²) >= 11 is 3.49. The molecular formula is C16H10BrN3O. The number of H-pyrrole nitrogens is 1. The molecule has 2 aromatic rings. The molecule has 0 atom stereocenters. The fraction of sp³-hybridized carbons (Fsp3) is 0. The highest BCUT2D eigenvalue weighted by molar-refractivity contribution is 9.10. The summed E-state index contributed by atoms with van der Waals surface area (Å²) in [7, 11) is 0. The van der Waals surface area contributed by atoms with E-state index >= 15 is 0 Å². The summed E-state index contributed by atoms with van der Waals surface area (Å²) in [5.41, 5.74) is 9.78. The minimum Gasteiger partial charge on any atom is -0.507 e. The second kappa shape index (κ2) is 4.30. The van der Waals surface area contributed by atoms with Crippen molar-refractivity contribution in [1.82, 2.24) is 4.98 Å². The average molecular weight is 340 g/mol. The number of hydrogen-bond acceptors (Lipinski definition) is 3. The SMILES string of the molecule is N=Nc1[nH]c2ccc(Br)cc2c2c3ccccc3c(O)c1-2. The highest BCUT2D eigenvalue weighted by atomic mass is 79.9. The molecule has 102 valence electrons. The average Bonchev–Trinajstić information content (AvgIpc) is 2.81. The van der Waals surface area contributed by atoms with Gasteiger partial charge in [0.25, 0.3) is 0 Å². The first-order valence-electron chi connectivity index (χ1n) is 6.43. The Morgan fingerprint density at radius 2 is 1.76 bits per heavy atom. The van der Waals surface area contributed by atoms with Crippen LogP contribution in [-0.2, 0) is 0 Å². The lowest BCUT2D eigenvalue weighted by Gasteiger charge is -2.10. The zero-order chi connectivity index (χ0) is 14.6. The molecule has 0 unspecified atom stereocenters. The van der Waals surface area contributed by atoms with E-state index in [0.29, 0.717) is 11.4 Å². The molecule has 5 heteroatoms. The van der Waals surface area contributed by atoms with Gasteiger partial charge in [-0.1, -0.05) is 40.2 Å². The van der Waals surface area contributed by atoms with Crippen LogP contribution in [0.3, 0.4) is 0 Å². The molecule has 0 bridgehead atoms. The van der Waals surface area contributed by atoms with E-state index in [-0.39, 0.29) is 5.75 Å². The first-order chi connectivity index (χ1) is 10.2. The van der Waals surface area contributed by atoms with E-state index in [1.54, 1.807) is 0 Å². The molecule has 0 saturated heterocycles. The van der Waals surface area contributed by atoms with Crippen molar-refractivity contribution in [2.75, 3.05) is 0 Å². The van der Waals surface area contributed by atoms with Gasteiger partial charge in [-0.2, -0.15) is 0 Å². The van der Waals surface area contributed by atoms with Gasteiger partial charge in [-0.15, -0.1) is 5.11 Å². The van der Waals surface area contributed by atoms with Crippen molar-refractivity contribution in [2.45, 2.75) is 0 Å². The fourth-order valence-electron chi connectivity index (χ4n) is 2.91. The molecule has 21 heavy (non-hydrogen) atoms. The van der Waals surface area contributed by atoms with Crippen LogP contribution < -0.4 is 0 Å².